The summed E-state index contributed by atoms with van der Waals surface area (Å²) in [7, 11) is 1.67. The van der Waals surface area contributed by atoms with Gasteiger partial charge in [0.25, 0.3) is 0 Å². The van der Waals surface area contributed by atoms with Gasteiger partial charge in [0.15, 0.2) is 0 Å². The van der Waals surface area contributed by atoms with Gasteiger partial charge in [0.05, 0.1) is 18.7 Å². The summed E-state index contributed by atoms with van der Waals surface area (Å²) in [6, 6.07) is 8.10. The van der Waals surface area contributed by atoms with Gasteiger partial charge < -0.3 is 15.0 Å². The molecule has 1 amide bonds. The monoisotopic (exact) mass is 340 g/mol. The number of aryl methyl sites for hydroxylation is 1. The van der Waals surface area contributed by atoms with Gasteiger partial charge in [0.1, 0.15) is 5.82 Å². The Hall–Kier alpha value is -2.47. The summed E-state index contributed by atoms with van der Waals surface area (Å²) in [6.07, 6.45) is 5.06. The predicted molar refractivity (Wildman–Crippen MR) is 96.1 cm³/mol. The zero-order chi connectivity index (χ0) is 17.6. The first-order valence-corrected chi connectivity index (χ1v) is 8.51. The molecule has 2 atom stereocenters. The zero-order valence-corrected chi connectivity index (χ0v) is 14.7. The van der Waals surface area contributed by atoms with Gasteiger partial charge in [-0.1, -0.05) is 24.3 Å². The van der Waals surface area contributed by atoms with Gasteiger partial charge in [-0.15, -0.1) is 0 Å². The Labute approximate surface area is 148 Å². The van der Waals surface area contributed by atoms with Crippen molar-refractivity contribution >= 4 is 11.7 Å². The van der Waals surface area contributed by atoms with Gasteiger partial charge in [-0.25, -0.2) is 4.98 Å². The molecule has 1 saturated heterocycles. The first-order valence-electron chi connectivity index (χ1n) is 8.51. The van der Waals surface area contributed by atoms with E-state index in [4.69, 9.17) is 4.74 Å². The second kappa shape index (κ2) is 8.07. The molecule has 2 aromatic rings. The van der Waals surface area contributed by atoms with Crippen molar-refractivity contribution in [2.75, 3.05) is 31.7 Å². The molecule has 0 spiro atoms. The lowest BCUT2D eigenvalue weighted by atomic mass is 9.96. The second-order valence-electron chi connectivity index (χ2n) is 6.43. The molecule has 0 radical (unpaired) electrons. The van der Waals surface area contributed by atoms with E-state index in [1.807, 2.05) is 18.2 Å². The zero-order valence-electron chi connectivity index (χ0n) is 14.7. The fraction of sp³-hybridized carbons (Fsp3) is 0.421. The molecule has 3 rings (SSSR count). The van der Waals surface area contributed by atoms with Crippen LogP contribution in [-0.4, -0.2) is 42.7 Å². The summed E-state index contributed by atoms with van der Waals surface area (Å²) >= 11 is 0. The Morgan fingerprint density at radius 3 is 2.88 bits per heavy atom. The van der Waals surface area contributed by atoms with E-state index in [1.54, 1.807) is 25.7 Å². The molecule has 0 saturated carbocycles. The maximum absolute atomic E-state index is 12.8. The molecule has 132 valence electrons. The highest BCUT2D eigenvalue weighted by molar-refractivity contribution is 5.80. The molecule has 2 heterocycles. The van der Waals surface area contributed by atoms with Crippen LogP contribution in [0.1, 0.15) is 11.1 Å². The maximum atomic E-state index is 12.8. The molecule has 1 aromatic carbocycles. The van der Waals surface area contributed by atoms with E-state index in [9.17, 15) is 4.79 Å². The quantitative estimate of drug-likeness (QED) is 0.868. The molecule has 6 nitrogen and oxygen atoms in total. The fourth-order valence-electron chi connectivity index (χ4n) is 3.31. The van der Waals surface area contributed by atoms with E-state index < -0.39 is 0 Å². The van der Waals surface area contributed by atoms with Gasteiger partial charge in [-0.05, 0) is 18.1 Å². The van der Waals surface area contributed by atoms with E-state index in [1.165, 1.54) is 5.56 Å². The SMILES string of the molecule is COC[C@@H]1CN(c2cnccn2)C[C@H]1C(=O)NCc1ccccc1C. The lowest BCUT2D eigenvalue weighted by Gasteiger charge is -2.17. The van der Waals surface area contributed by atoms with E-state index in [0.29, 0.717) is 19.7 Å². The third-order valence-electron chi connectivity index (χ3n) is 4.75. The Bertz CT molecular complexity index is 708. The molecule has 1 aliphatic heterocycles. The average Bonchev–Trinajstić information content (AvgIpc) is 3.06. The summed E-state index contributed by atoms with van der Waals surface area (Å²) < 4.78 is 5.33. The van der Waals surface area contributed by atoms with Gasteiger partial charge in [-0.2, -0.15) is 0 Å². The van der Waals surface area contributed by atoms with Crippen LogP contribution in [-0.2, 0) is 16.1 Å². The van der Waals surface area contributed by atoms with Crippen molar-refractivity contribution in [1.82, 2.24) is 15.3 Å². The number of carbonyl (C=O) groups is 1. The van der Waals surface area contributed by atoms with Crippen molar-refractivity contribution in [1.29, 1.82) is 0 Å². The normalized spacial score (nSPS) is 19.8. The van der Waals surface area contributed by atoms with Crippen molar-refractivity contribution in [3.05, 3.63) is 54.0 Å². The first kappa shape index (κ1) is 17.4. The summed E-state index contributed by atoms with van der Waals surface area (Å²) in [5.74, 6) is 0.893. The number of benzene rings is 1. The molecule has 1 N–H and O–H groups in total. The Morgan fingerprint density at radius 2 is 2.16 bits per heavy atom. The van der Waals surface area contributed by atoms with Crippen LogP contribution in [0, 0.1) is 18.8 Å². The van der Waals surface area contributed by atoms with Crippen molar-refractivity contribution in [3.8, 4) is 0 Å². The predicted octanol–water partition coefficient (Wildman–Crippen LogP) is 1.80. The summed E-state index contributed by atoms with van der Waals surface area (Å²) in [4.78, 5) is 23.3. The maximum Gasteiger partial charge on any atom is 0.225 e. The number of nitrogens with zero attached hydrogens (tertiary/aromatic N) is 3. The third kappa shape index (κ3) is 4.14. The summed E-state index contributed by atoms with van der Waals surface area (Å²) in [6.45, 7) is 4.54. The van der Waals surface area contributed by atoms with Gasteiger partial charge >= 0.3 is 0 Å². The number of rotatable bonds is 6. The summed E-state index contributed by atoms with van der Waals surface area (Å²) in [5, 5.41) is 3.08. The molecule has 0 bridgehead atoms. The van der Waals surface area contributed by atoms with Crippen LogP contribution in [0.5, 0.6) is 0 Å². The molecule has 1 aromatic heterocycles. The first-order chi connectivity index (χ1) is 12.2. The lowest BCUT2D eigenvalue weighted by Crippen LogP contribution is -2.36. The Kier molecular flexibility index (Phi) is 5.60. The molecule has 25 heavy (non-hydrogen) atoms. The minimum absolute atomic E-state index is 0.0664. The average molecular weight is 340 g/mol. The van der Waals surface area contributed by atoms with E-state index in [2.05, 4.69) is 33.2 Å². The number of amides is 1. The molecule has 0 aliphatic carbocycles. The van der Waals surface area contributed by atoms with Crippen molar-refractivity contribution in [2.45, 2.75) is 13.5 Å². The molecular formula is C19H24N4O2. The highest BCUT2D eigenvalue weighted by atomic mass is 16.5. The van der Waals surface area contributed by atoms with Crippen LogP contribution in [0.4, 0.5) is 5.82 Å². The minimum atomic E-state index is -0.119. The number of hydrogen-bond donors (Lipinski definition) is 1. The molecule has 1 aliphatic rings. The second-order valence-corrected chi connectivity index (χ2v) is 6.43. The molecular weight excluding hydrogens is 316 g/mol. The lowest BCUT2D eigenvalue weighted by molar-refractivity contribution is -0.126. The van der Waals surface area contributed by atoms with Crippen LogP contribution in [0.25, 0.3) is 0 Å². The number of carbonyl (C=O) groups excluding carboxylic acids is 1. The van der Waals surface area contributed by atoms with Crippen LogP contribution < -0.4 is 10.2 Å². The van der Waals surface area contributed by atoms with E-state index >= 15 is 0 Å². The number of methoxy groups -OCH3 is 1. The third-order valence-corrected chi connectivity index (χ3v) is 4.75. The highest BCUT2D eigenvalue weighted by Gasteiger charge is 2.38. The number of hydrogen-bond acceptors (Lipinski definition) is 5. The Balaban J connectivity index is 1.66. The molecule has 6 heteroatoms. The van der Waals surface area contributed by atoms with Crippen LogP contribution in [0.2, 0.25) is 0 Å². The fourth-order valence-corrected chi connectivity index (χ4v) is 3.31. The number of ether oxygens (including phenoxy) is 1. The van der Waals surface area contributed by atoms with Crippen molar-refractivity contribution in [2.24, 2.45) is 11.8 Å². The van der Waals surface area contributed by atoms with Crippen LogP contribution in [0.15, 0.2) is 42.9 Å². The van der Waals surface area contributed by atoms with E-state index in [0.717, 1.165) is 17.9 Å². The largest absolute Gasteiger partial charge is 0.384 e. The van der Waals surface area contributed by atoms with Gasteiger partial charge in [-0.3, -0.25) is 9.78 Å². The van der Waals surface area contributed by atoms with Crippen LogP contribution in [0.3, 0.4) is 0 Å². The van der Waals surface area contributed by atoms with Crippen molar-refractivity contribution in [3.63, 3.8) is 0 Å². The van der Waals surface area contributed by atoms with Crippen LogP contribution >= 0.6 is 0 Å². The minimum Gasteiger partial charge on any atom is -0.384 e. The van der Waals surface area contributed by atoms with E-state index in [-0.39, 0.29) is 17.7 Å². The highest BCUT2D eigenvalue weighted by Crippen LogP contribution is 2.27. The Morgan fingerprint density at radius 1 is 1.32 bits per heavy atom. The smallest absolute Gasteiger partial charge is 0.225 e. The molecule has 1 fully saturated rings. The standard InChI is InChI=1S/C19H24N4O2/c1-14-5-3-4-6-15(14)9-22-19(24)17-12-23(11-16(17)13-25-2)18-10-20-7-8-21-18/h3-8,10,16-17H,9,11-13H2,1-2H3,(H,22,24)/t16-,17+/m0/s1. The van der Waals surface area contributed by atoms with Crippen molar-refractivity contribution < 1.29 is 9.53 Å². The van der Waals surface area contributed by atoms with Gasteiger partial charge in [0, 0.05) is 45.1 Å². The topological polar surface area (TPSA) is 67.3 Å². The summed E-state index contributed by atoms with van der Waals surface area (Å²) in [5.41, 5.74) is 2.33. The van der Waals surface area contributed by atoms with Gasteiger partial charge in [0.2, 0.25) is 5.91 Å². The number of nitrogens with one attached hydrogen (secondary N) is 1. The number of aromatic nitrogens is 2. The number of anilines is 1. The molecule has 0 unspecified atom stereocenters.